The fraction of sp³-hybridized carbons (Fsp3) is 0.333. The van der Waals surface area contributed by atoms with Gasteiger partial charge in [-0.3, -0.25) is 0 Å². The van der Waals surface area contributed by atoms with E-state index in [9.17, 15) is 0 Å². The average molecular weight is 373 g/mol. The molecular weight excluding hydrogens is 344 g/mol. The van der Waals surface area contributed by atoms with Crippen LogP contribution in [0.15, 0.2) is 48.5 Å². The minimum absolute atomic E-state index is 0.401. The Balaban J connectivity index is 1.62. The van der Waals surface area contributed by atoms with Gasteiger partial charge in [-0.15, -0.1) is 5.54 Å². The molecule has 2 nitrogen and oxygen atoms in total. The van der Waals surface area contributed by atoms with Gasteiger partial charge < -0.3 is 10.3 Å². The minimum Gasteiger partial charge on any atom is -0.357 e. The van der Waals surface area contributed by atoms with Crippen LogP contribution in [0.5, 0.6) is 0 Å². The molecule has 0 fully saturated rings. The topological polar surface area (TPSA) is 27.8 Å². The van der Waals surface area contributed by atoms with Gasteiger partial charge in [0.2, 0.25) is 0 Å². The molecule has 1 atom stereocenters. The van der Waals surface area contributed by atoms with E-state index in [0.717, 1.165) is 18.5 Å². The molecular formula is C24H28N2Si. The van der Waals surface area contributed by atoms with E-state index in [1.165, 1.54) is 40.6 Å². The van der Waals surface area contributed by atoms with Crippen LogP contribution in [-0.2, 0) is 13.0 Å². The second kappa shape index (κ2) is 7.38. The minimum atomic E-state index is -1.35. The molecule has 0 saturated heterocycles. The number of hydrogen-bond donors (Lipinski definition) is 2. The summed E-state index contributed by atoms with van der Waals surface area (Å²) in [5.74, 6) is 3.41. The van der Waals surface area contributed by atoms with Crippen molar-refractivity contribution in [2.45, 2.75) is 51.5 Å². The Kier molecular flexibility index (Phi) is 4.95. The number of fused-ring (bicyclic) bond motifs is 3. The summed E-state index contributed by atoms with van der Waals surface area (Å²) in [6.07, 6.45) is 3.58. The van der Waals surface area contributed by atoms with Crippen LogP contribution < -0.4 is 5.32 Å². The van der Waals surface area contributed by atoms with Crippen LogP contribution >= 0.6 is 0 Å². The Morgan fingerprint density at radius 1 is 1.11 bits per heavy atom. The smallest absolute Gasteiger partial charge is 0.129 e. The Morgan fingerprint density at radius 2 is 1.93 bits per heavy atom. The number of nitrogens with one attached hydrogen (secondary N) is 2. The number of aryl methyl sites for hydroxylation is 1. The van der Waals surface area contributed by atoms with Crippen LogP contribution in [0.3, 0.4) is 0 Å². The van der Waals surface area contributed by atoms with E-state index in [1.54, 1.807) is 0 Å². The third kappa shape index (κ3) is 4.18. The van der Waals surface area contributed by atoms with Gasteiger partial charge in [0.05, 0.1) is 0 Å². The first kappa shape index (κ1) is 18.1. The summed E-state index contributed by atoms with van der Waals surface area (Å²) < 4.78 is 0. The predicted octanol–water partition coefficient (Wildman–Crippen LogP) is 5.56. The highest BCUT2D eigenvalue weighted by molar-refractivity contribution is 6.83. The zero-order valence-electron chi connectivity index (χ0n) is 16.5. The second-order valence-corrected chi connectivity index (χ2v) is 13.3. The molecule has 27 heavy (non-hydrogen) atoms. The van der Waals surface area contributed by atoms with E-state index in [4.69, 9.17) is 0 Å². The normalized spacial score (nSPS) is 16.6. The van der Waals surface area contributed by atoms with E-state index in [1.807, 2.05) is 0 Å². The van der Waals surface area contributed by atoms with Gasteiger partial charge in [0, 0.05) is 34.7 Å². The van der Waals surface area contributed by atoms with Gasteiger partial charge in [-0.25, -0.2) is 0 Å². The highest BCUT2D eigenvalue weighted by Gasteiger charge is 2.24. The molecule has 4 rings (SSSR count). The van der Waals surface area contributed by atoms with Gasteiger partial charge in [-0.05, 0) is 48.6 Å². The van der Waals surface area contributed by atoms with Gasteiger partial charge in [-0.1, -0.05) is 55.9 Å². The maximum absolute atomic E-state index is 3.76. The second-order valence-electron chi connectivity index (χ2n) is 8.59. The van der Waals surface area contributed by atoms with Crippen molar-refractivity contribution in [2.24, 2.45) is 0 Å². The Morgan fingerprint density at radius 3 is 2.70 bits per heavy atom. The molecule has 3 aromatic rings. The van der Waals surface area contributed by atoms with Crippen molar-refractivity contribution in [3.8, 4) is 11.5 Å². The predicted molar refractivity (Wildman–Crippen MR) is 117 cm³/mol. The summed E-state index contributed by atoms with van der Waals surface area (Å²) in [6, 6.07) is 17.7. The quantitative estimate of drug-likeness (QED) is 0.457. The maximum atomic E-state index is 3.76. The van der Waals surface area contributed by atoms with Crippen LogP contribution in [-0.4, -0.2) is 13.1 Å². The van der Waals surface area contributed by atoms with Crippen LogP contribution in [0.25, 0.3) is 10.9 Å². The van der Waals surface area contributed by atoms with Gasteiger partial charge in [0.15, 0.2) is 0 Å². The highest BCUT2D eigenvalue weighted by Crippen LogP contribution is 2.35. The van der Waals surface area contributed by atoms with Crippen molar-refractivity contribution in [3.63, 3.8) is 0 Å². The lowest BCUT2D eigenvalue weighted by Gasteiger charge is -2.24. The van der Waals surface area contributed by atoms with Crippen LogP contribution in [0, 0.1) is 11.5 Å². The van der Waals surface area contributed by atoms with Crippen LogP contribution in [0.1, 0.15) is 41.3 Å². The number of aromatic nitrogens is 1. The number of benzene rings is 2. The molecule has 138 valence electrons. The molecule has 2 N–H and O–H groups in total. The number of hydrogen-bond acceptors (Lipinski definition) is 1. The molecule has 0 radical (unpaired) electrons. The standard InChI is InChI=1S/C24H28N2Si/c1-27(2,3)15-14-18-12-13-22-21(16-18)20-10-7-11-23(24(20)26-22)25-17-19-8-5-4-6-9-19/h4-6,8-9,12-13,16,23,25-26H,7,10-11,17H2,1-3H3. The Hall–Kier alpha value is -2.28. The van der Waals surface area contributed by atoms with Crippen molar-refractivity contribution >= 4 is 19.0 Å². The van der Waals surface area contributed by atoms with Gasteiger partial charge in [-0.2, -0.15) is 0 Å². The SMILES string of the molecule is C[Si](C)(C)C#Cc1ccc2[nH]c3c(c2c1)CCCC3NCc1ccccc1. The fourth-order valence-electron chi connectivity index (χ4n) is 3.84. The molecule has 1 unspecified atom stereocenters. The summed E-state index contributed by atoms with van der Waals surface area (Å²) in [4.78, 5) is 3.70. The molecule has 1 heterocycles. The zero-order chi connectivity index (χ0) is 18.9. The van der Waals surface area contributed by atoms with Crippen LogP contribution in [0.2, 0.25) is 19.6 Å². The van der Waals surface area contributed by atoms with E-state index in [2.05, 4.69) is 89.9 Å². The zero-order valence-corrected chi connectivity index (χ0v) is 17.5. The van der Waals surface area contributed by atoms with Gasteiger partial charge in [0.1, 0.15) is 8.07 Å². The van der Waals surface area contributed by atoms with E-state index < -0.39 is 8.07 Å². The van der Waals surface area contributed by atoms with Gasteiger partial charge in [0.25, 0.3) is 0 Å². The molecule has 1 aliphatic carbocycles. The summed E-state index contributed by atoms with van der Waals surface area (Å²) in [7, 11) is -1.35. The Labute approximate surface area is 163 Å². The van der Waals surface area contributed by atoms with Crippen molar-refractivity contribution in [1.29, 1.82) is 0 Å². The molecule has 2 aromatic carbocycles. The summed E-state index contributed by atoms with van der Waals surface area (Å²) in [5.41, 5.74) is 10.1. The largest absolute Gasteiger partial charge is 0.357 e. The monoisotopic (exact) mass is 372 g/mol. The molecule has 0 bridgehead atoms. The first-order chi connectivity index (χ1) is 13.0. The number of rotatable bonds is 3. The summed E-state index contributed by atoms with van der Waals surface area (Å²) in [6.45, 7) is 7.78. The van der Waals surface area contributed by atoms with Gasteiger partial charge >= 0.3 is 0 Å². The number of aromatic amines is 1. The molecule has 1 aliphatic rings. The van der Waals surface area contributed by atoms with Crippen molar-refractivity contribution in [1.82, 2.24) is 10.3 Å². The molecule has 1 aromatic heterocycles. The fourth-order valence-corrected chi connectivity index (χ4v) is 4.36. The molecule has 0 aliphatic heterocycles. The molecule has 0 spiro atoms. The number of H-pyrrole nitrogens is 1. The van der Waals surface area contributed by atoms with E-state index in [-0.39, 0.29) is 0 Å². The highest BCUT2D eigenvalue weighted by atomic mass is 28.3. The van der Waals surface area contributed by atoms with E-state index in [0.29, 0.717) is 6.04 Å². The maximum Gasteiger partial charge on any atom is 0.129 e. The van der Waals surface area contributed by atoms with Crippen LogP contribution in [0.4, 0.5) is 0 Å². The first-order valence-corrected chi connectivity index (χ1v) is 13.4. The first-order valence-electron chi connectivity index (χ1n) is 9.94. The lowest BCUT2D eigenvalue weighted by Crippen LogP contribution is -2.24. The molecule has 0 saturated carbocycles. The average Bonchev–Trinajstić information content (AvgIpc) is 3.03. The van der Waals surface area contributed by atoms with Crippen molar-refractivity contribution < 1.29 is 0 Å². The van der Waals surface area contributed by atoms with Crippen molar-refractivity contribution in [3.05, 3.63) is 70.9 Å². The Bertz CT molecular complexity index is 1000. The molecule has 3 heteroatoms. The summed E-state index contributed by atoms with van der Waals surface area (Å²) in [5, 5.41) is 5.12. The lowest BCUT2D eigenvalue weighted by molar-refractivity contribution is 0.452. The molecule has 0 amide bonds. The lowest BCUT2D eigenvalue weighted by atomic mass is 9.91. The van der Waals surface area contributed by atoms with E-state index >= 15 is 0 Å². The summed E-state index contributed by atoms with van der Waals surface area (Å²) >= 11 is 0. The van der Waals surface area contributed by atoms with Crippen molar-refractivity contribution in [2.75, 3.05) is 0 Å². The third-order valence-electron chi connectivity index (χ3n) is 5.18. The third-order valence-corrected chi connectivity index (χ3v) is 6.06.